The van der Waals surface area contributed by atoms with Crippen LogP contribution in [0.3, 0.4) is 0 Å². The fraction of sp³-hybridized carbons (Fsp3) is 0.222. The van der Waals surface area contributed by atoms with Crippen LogP contribution in [-0.2, 0) is 0 Å². The minimum absolute atomic E-state index is 0.0362. The van der Waals surface area contributed by atoms with Crippen LogP contribution < -0.4 is 10.1 Å². The van der Waals surface area contributed by atoms with E-state index in [2.05, 4.69) is 15.3 Å². The number of carbonyl (C=O) groups excluding carboxylic acids is 1. The molecule has 3 rings (SSSR count). The van der Waals surface area contributed by atoms with E-state index in [0.29, 0.717) is 5.56 Å². The van der Waals surface area contributed by atoms with Gasteiger partial charge in [0.25, 0.3) is 5.91 Å². The fourth-order valence-electron chi connectivity index (χ4n) is 2.58. The third kappa shape index (κ3) is 3.18. The number of hydrogen-bond acceptors (Lipinski definition) is 3. The Hall–Kier alpha value is -2.82. The molecule has 0 saturated carbocycles. The number of imidazole rings is 1. The predicted octanol–water partition coefficient (Wildman–Crippen LogP) is 3.45. The molecule has 3 aromatic rings. The summed E-state index contributed by atoms with van der Waals surface area (Å²) in [6, 6.07) is 13.2. The minimum atomic E-state index is -0.0934. The lowest BCUT2D eigenvalue weighted by Gasteiger charge is -2.18. The molecule has 2 N–H and O–H groups in total. The molecule has 5 heteroatoms. The molecule has 0 spiro atoms. The Morgan fingerprint density at radius 1 is 1.26 bits per heavy atom. The normalized spacial score (nSPS) is 12.1. The molecule has 0 fully saturated rings. The molecular formula is C18H19N3O2. The second kappa shape index (κ2) is 6.52. The summed E-state index contributed by atoms with van der Waals surface area (Å²) >= 11 is 0. The first-order valence-electron chi connectivity index (χ1n) is 7.59. The number of nitrogens with one attached hydrogen (secondary N) is 2. The highest BCUT2D eigenvalue weighted by Crippen LogP contribution is 2.21. The molecular weight excluding hydrogens is 290 g/mol. The van der Waals surface area contributed by atoms with Crippen LogP contribution in [0.2, 0.25) is 0 Å². The lowest BCUT2D eigenvalue weighted by atomic mass is 10.0. The summed E-state index contributed by atoms with van der Waals surface area (Å²) in [6.07, 6.45) is 2.43. The topological polar surface area (TPSA) is 67.0 Å². The standard InChI is InChI=1S/C18H19N3O2/c1-3-15(12-4-7-14(23-2)8-5-12)21-18(22)13-6-9-16-17(10-13)20-11-19-16/h4-11,15H,3H2,1-2H3,(H,19,20)(H,21,22)/t15-/m0/s1. The number of nitrogens with zero attached hydrogens (tertiary/aromatic N) is 1. The van der Waals surface area contributed by atoms with Gasteiger partial charge in [0.15, 0.2) is 0 Å². The molecule has 1 atom stereocenters. The van der Waals surface area contributed by atoms with Crippen LogP contribution >= 0.6 is 0 Å². The molecule has 118 valence electrons. The Morgan fingerprint density at radius 2 is 2.04 bits per heavy atom. The summed E-state index contributed by atoms with van der Waals surface area (Å²) in [6.45, 7) is 2.05. The molecule has 0 saturated heterocycles. The van der Waals surface area contributed by atoms with E-state index in [0.717, 1.165) is 28.8 Å². The van der Waals surface area contributed by atoms with E-state index in [1.54, 1.807) is 19.5 Å². The van der Waals surface area contributed by atoms with Crippen molar-refractivity contribution in [1.82, 2.24) is 15.3 Å². The van der Waals surface area contributed by atoms with Crippen molar-refractivity contribution in [3.8, 4) is 5.75 Å². The lowest BCUT2D eigenvalue weighted by Crippen LogP contribution is -2.28. The Kier molecular flexibility index (Phi) is 4.28. The van der Waals surface area contributed by atoms with Gasteiger partial charge in [-0.1, -0.05) is 19.1 Å². The number of fused-ring (bicyclic) bond motifs is 1. The van der Waals surface area contributed by atoms with Gasteiger partial charge in [0, 0.05) is 5.56 Å². The van der Waals surface area contributed by atoms with Gasteiger partial charge in [0.2, 0.25) is 0 Å². The molecule has 1 aromatic heterocycles. The molecule has 0 unspecified atom stereocenters. The zero-order chi connectivity index (χ0) is 16.2. The second-order valence-corrected chi connectivity index (χ2v) is 5.34. The van der Waals surface area contributed by atoms with Gasteiger partial charge in [0.05, 0.1) is 30.5 Å². The van der Waals surface area contributed by atoms with Crippen molar-refractivity contribution < 1.29 is 9.53 Å². The van der Waals surface area contributed by atoms with Crippen LogP contribution in [0.4, 0.5) is 0 Å². The van der Waals surface area contributed by atoms with Crippen molar-refractivity contribution in [2.45, 2.75) is 19.4 Å². The fourth-order valence-corrected chi connectivity index (χ4v) is 2.58. The maximum absolute atomic E-state index is 12.5. The van der Waals surface area contributed by atoms with Gasteiger partial charge in [-0.15, -0.1) is 0 Å². The van der Waals surface area contributed by atoms with Crippen molar-refractivity contribution in [2.24, 2.45) is 0 Å². The summed E-state index contributed by atoms with van der Waals surface area (Å²) in [5.41, 5.74) is 3.39. The smallest absolute Gasteiger partial charge is 0.251 e. The predicted molar refractivity (Wildman–Crippen MR) is 89.6 cm³/mol. The summed E-state index contributed by atoms with van der Waals surface area (Å²) in [5.74, 6) is 0.712. The first-order valence-corrected chi connectivity index (χ1v) is 7.59. The van der Waals surface area contributed by atoms with Crippen molar-refractivity contribution in [2.75, 3.05) is 7.11 Å². The summed E-state index contributed by atoms with van der Waals surface area (Å²) in [4.78, 5) is 19.7. The number of ether oxygens (including phenoxy) is 1. The van der Waals surface area contributed by atoms with Gasteiger partial charge in [-0.25, -0.2) is 4.98 Å². The Bertz CT molecular complexity index is 809. The largest absolute Gasteiger partial charge is 0.497 e. The van der Waals surface area contributed by atoms with Crippen molar-refractivity contribution >= 4 is 16.9 Å². The molecule has 0 aliphatic rings. The Balaban J connectivity index is 1.78. The van der Waals surface area contributed by atoms with Gasteiger partial charge in [-0.3, -0.25) is 4.79 Å². The monoisotopic (exact) mass is 309 g/mol. The average Bonchev–Trinajstić information content (AvgIpc) is 3.07. The molecule has 0 aliphatic heterocycles. The van der Waals surface area contributed by atoms with E-state index in [1.165, 1.54) is 0 Å². The second-order valence-electron chi connectivity index (χ2n) is 5.34. The zero-order valence-corrected chi connectivity index (χ0v) is 13.2. The van der Waals surface area contributed by atoms with E-state index in [-0.39, 0.29) is 11.9 Å². The summed E-state index contributed by atoms with van der Waals surface area (Å²) in [7, 11) is 1.64. The maximum Gasteiger partial charge on any atom is 0.251 e. The first-order chi connectivity index (χ1) is 11.2. The Morgan fingerprint density at radius 3 is 2.74 bits per heavy atom. The first kappa shape index (κ1) is 15.1. The van der Waals surface area contributed by atoms with Crippen molar-refractivity contribution in [3.63, 3.8) is 0 Å². The highest BCUT2D eigenvalue weighted by Gasteiger charge is 2.15. The van der Waals surface area contributed by atoms with Crippen LogP contribution in [0.5, 0.6) is 5.75 Å². The SMILES string of the molecule is CC[C@H](NC(=O)c1ccc2nc[nH]c2c1)c1ccc(OC)cc1. The molecule has 23 heavy (non-hydrogen) atoms. The van der Waals surface area contributed by atoms with Crippen LogP contribution in [0.25, 0.3) is 11.0 Å². The van der Waals surface area contributed by atoms with Gasteiger partial charge < -0.3 is 15.0 Å². The molecule has 1 amide bonds. The van der Waals surface area contributed by atoms with E-state index in [4.69, 9.17) is 4.74 Å². The summed E-state index contributed by atoms with van der Waals surface area (Å²) < 4.78 is 5.17. The maximum atomic E-state index is 12.5. The minimum Gasteiger partial charge on any atom is -0.497 e. The number of aromatic amines is 1. The van der Waals surface area contributed by atoms with E-state index in [9.17, 15) is 4.79 Å². The molecule has 0 bridgehead atoms. The number of benzene rings is 2. The highest BCUT2D eigenvalue weighted by atomic mass is 16.5. The average molecular weight is 309 g/mol. The number of carbonyl (C=O) groups is 1. The van der Waals surface area contributed by atoms with Gasteiger partial charge in [0.1, 0.15) is 5.75 Å². The third-order valence-corrected chi connectivity index (χ3v) is 3.91. The van der Waals surface area contributed by atoms with Crippen LogP contribution in [-0.4, -0.2) is 23.0 Å². The molecule has 0 radical (unpaired) electrons. The Labute approximate surface area is 134 Å². The number of hydrogen-bond donors (Lipinski definition) is 2. The number of rotatable bonds is 5. The highest BCUT2D eigenvalue weighted by molar-refractivity contribution is 5.97. The van der Waals surface area contributed by atoms with Gasteiger partial charge in [-0.05, 0) is 42.3 Å². The van der Waals surface area contributed by atoms with Crippen molar-refractivity contribution in [1.29, 1.82) is 0 Å². The third-order valence-electron chi connectivity index (χ3n) is 3.91. The lowest BCUT2D eigenvalue weighted by molar-refractivity contribution is 0.0935. The van der Waals surface area contributed by atoms with E-state index < -0.39 is 0 Å². The number of aromatic nitrogens is 2. The van der Waals surface area contributed by atoms with E-state index >= 15 is 0 Å². The summed E-state index contributed by atoms with van der Waals surface area (Å²) in [5, 5.41) is 3.08. The number of methoxy groups -OCH3 is 1. The van der Waals surface area contributed by atoms with Crippen molar-refractivity contribution in [3.05, 3.63) is 59.9 Å². The van der Waals surface area contributed by atoms with Crippen LogP contribution in [0.1, 0.15) is 35.3 Å². The van der Waals surface area contributed by atoms with E-state index in [1.807, 2.05) is 43.3 Å². The molecule has 5 nitrogen and oxygen atoms in total. The molecule has 1 heterocycles. The molecule has 0 aliphatic carbocycles. The van der Waals surface area contributed by atoms with Gasteiger partial charge >= 0.3 is 0 Å². The zero-order valence-electron chi connectivity index (χ0n) is 13.2. The molecule has 2 aromatic carbocycles. The number of amides is 1. The van der Waals surface area contributed by atoms with Crippen LogP contribution in [0.15, 0.2) is 48.8 Å². The van der Waals surface area contributed by atoms with Gasteiger partial charge in [-0.2, -0.15) is 0 Å². The number of H-pyrrole nitrogens is 1. The quantitative estimate of drug-likeness (QED) is 0.758. The van der Waals surface area contributed by atoms with Crippen LogP contribution in [0, 0.1) is 0 Å².